The molecule has 0 spiro atoms. The number of anilines is 1. The van der Waals surface area contributed by atoms with Gasteiger partial charge in [-0.1, -0.05) is 28.1 Å². The molecule has 1 saturated heterocycles. The molecule has 3 rings (SSSR count). The number of ether oxygens (including phenoxy) is 1. The molecule has 2 aromatic carbocycles. The van der Waals surface area contributed by atoms with Crippen LogP contribution in [0, 0.1) is 0 Å². The van der Waals surface area contributed by atoms with E-state index in [1.807, 2.05) is 36.4 Å². The molecule has 0 radical (unpaired) electrons. The van der Waals surface area contributed by atoms with Crippen LogP contribution in [0.15, 0.2) is 53.0 Å². The van der Waals surface area contributed by atoms with Crippen molar-refractivity contribution >= 4 is 27.4 Å². The normalized spacial score (nSPS) is 14.7. The van der Waals surface area contributed by atoms with E-state index in [4.69, 9.17) is 4.74 Å². The number of aryl methyl sites for hydroxylation is 1. The molecule has 0 unspecified atom stereocenters. The Labute approximate surface area is 145 Å². The van der Waals surface area contributed by atoms with Crippen molar-refractivity contribution in [3.8, 4) is 0 Å². The SMILES string of the molecule is O=C(CCc1cccc(Br)c1)c1ccc(N2CCOCC2)cc1. The Morgan fingerprint density at radius 3 is 2.52 bits per heavy atom. The van der Waals surface area contributed by atoms with Crippen LogP contribution >= 0.6 is 15.9 Å². The monoisotopic (exact) mass is 373 g/mol. The highest BCUT2D eigenvalue weighted by atomic mass is 79.9. The Bertz CT molecular complexity index is 663. The van der Waals surface area contributed by atoms with Gasteiger partial charge in [-0.15, -0.1) is 0 Å². The lowest BCUT2D eigenvalue weighted by molar-refractivity contribution is 0.0982. The zero-order valence-electron chi connectivity index (χ0n) is 13.0. The second-order valence-corrected chi connectivity index (χ2v) is 6.62. The lowest BCUT2D eigenvalue weighted by Gasteiger charge is -2.28. The molecule has 2 aromatic rings. The van der Waals surface area contributed by atoms with E-state index >= 15 is 0 Å². The average Bonchev–Trinajstić information content (AvgIpc) is 2.61. The summed E-state index contributed by atoms with van der Waals surface area (Å²) in [6, 6.07) is 16.1. The smallest absolute Gasteiger partial charge is 0.163 e. The molecule has 0 aliphatic carbocycles. The highest BCUT2D eigenvalue weighted by molar-refractivity contribution is 9.10. The van der Waals surface area contributed by atoms with Crippen molar-refractivity contribution in [3.05, 3.63) is 64.1 Å². The summed E-state index contributed by atoms with van der Waals surface area (Å²) in [4.78, 5) is 14.6. The third-order valence-corrected chi connectivity index (χ3v) is 4.59. The summed E-state index contributed by atoms with van der Waals surface area (Å²) >= 11 is 3.46. The number of halogens is 1. The Kier molecular flexibility index (Phi) is 5.47. The molecule has 0 N–H and O–H groups in total. The van der Waals surface area contributed by atoms with Gasteiger partial charge in [0.1, 0.15) is 0 Å². The van der Waals surface area contributed by atoms with Crippen LogP contribution in [0.5, 0.6) is 0 Å². The van der Waals surface area contributed by atoms with E-state index in [0.29, 0.717) is 6.42 Å². The Balaban J connectivity index is 1.59. The Morgan fingerprint density at radius 1 is 1.09 bits per heavy atom. The van der Waals surface area contributed by atoms with Crippen LogP contribution < -0.4 is 4.90 Å². The van der Waals surface area contributed by atoms with Crippen LogP contribution in [0.4, 0.5) is 5.69 Å². The summed E-state index contributed by atoms with van der Waals surface area (Å²) < 4.78 is 6.42. The van der Waals surface area contributed by atoms with Crippen LogP contribution in [0.2, 0.25) is 0 Å². The minimum absolute atomic E-state index is 0.193. The molecule has 1 aliphatic heterocycles. The molecule has 0 saturated carbocycles. The fraction of sp³-hybridized carbons (Fsp3) is 0.316. The summed E-state index contributed by atoms with van der Waals surface area (Å²) in [5.41, 5.74) is 3.13. The number of carbonyl (C=O) groups is 1. The van der Waals surface area contributed by atoms with E-state index in [9.17, 15) is 4.79 Å². The molecule has 0 aromatic heterocycles. The van der Waals surface area contributed by atoms with Crippen LogP contribution in [0.25, 0.3) is 0 Å². The van der Waals surface area contributed by atoms with E-state index in [1.54, 1.807) is 0 Å². The predicted octanol–water partition coefficient (Wildman–Crippen LogP) is 4.10. The van der Waals surface area contributed by atoms with Crippen molar-refractivity contribution in [1.82, 2.24) is 0 Å². The lowest BCUT2D eigenvalue weighted by Crippen LogP contribution is -2.36. The average molecular weight is 374 g/mol. The summed E-state index contributed by atoms with van der Waals surface area (Å²) in [6.45, 7) is 3.37. The third-order valence-electron chi connectivity index (χ3n) is 4.10. The first-order valence-corrected chi connectivity index (χ1v) is 8.72. The second-order valence-electron chi connectivity index (χ2n) is 5.70. The summed E-state index contributed by atoms with van der Waals surface area (Å²) in [5, 5.41) is 0. The standard InChI is InChI=1S/C19H20BrNO2/c20-17-3-1-2-15(14-17)4-9-19(22)16-5-7-18(8-6-16)21-10-12-23-13-11-21/h1-3,5-8,14H,4,9-13H2. The predicted molar refractivity (Wildman–Crippen MR) is 96.3 cm³/mol. The van der Waals surface area contributed by atoms with Gasteiger partial charge in [0.05, 0.1) is 13.2 Å². The highest BCUT2D eigenvalue weighted by Gasteiger charge is 2.12. The zero-order valence-corrected chi connectivity index (χ0v) is 14.6. The van der Waals surface area contributed by atoms with Gasteiger partial charge in [0.2, 0.25) is 0 Å². The van der Waals surface area contributed by atoms with Crippen LogP contribution in [-0.4, -0.2) is 32.1 Å². The van der Waals surface area contributed by atoms with Gasteiger partial charge >= 0.3 is 0 Å². The molecule has 0 atom stereocenters. The summed E-state index contributed by atoms with van der Waals surface area (Å²) in [6.07, 6.45) is 1.30. The van der Waals surface area contributed by atoms with Crippen molar-refractivity contribution < 1.29 is 9.53 Å². The third kappa shape index (κ3) is 4.43. The number of hydrogen-bond donors (Lipinski definition) is 0. The van der Waals surface area contributed by atoms with E-state index in [0.717, 1.165) is 48.4 Å². The number of benzene rings is 2. The number of hydrogen-bond acceptors (Lipinski definition) is 3. The topological polar surface area (TPSA) is 29.5 Å². The molecule has 1 aliphatic rings. The summed E-state index contributed by atoms with van der Waals surface area (Å²) in [5.74, 6) is 0.193. The van der Waals surface area contributed by atoms with E-state index in [-0.39, 0.29) is 5.78 Å². The van der Waals surface area contributed by atoms with Gasteiger partial charge < -0.3 is 9.64 Å². The van der Waals surface area contributed by atoms with Crippen molar-refractivity contribution in [3.63, 3.8) is 0 Å². The first-order chi connectivity index (χ1) is 11.2. The van der Waals surface area contributed by atoms with Crippen molar-refractivity contribution in [2.24, 2.45) is 0 Å². The number of Topliss-reactive ketones (excluding diaryl/α,β-unsaturated/α-hetero) is 1. The van der Waals surface area contributed by atoms with Gasteiger partial charge in [0, 0.05) is 35.2 Å². The first-order valence-electron chi connectivity index (χ1n) is 7.93. The number of ketones is 1. The number of morpholine rings is 1. The molecule has 23 heavy (non-hydrogen) atoms. The Hall–Kier alpha value is -1.65. The van der Waals surface area contributed by atoms with Crippen molar-refractivity contribution in [2.75, 3.05) is 31.2 Å². The maximum Gasteiger partial charge on any atom is 0.163 e. The van der Waals surface area contributed by atoms with E-state index in [1.165, 1.54) is 5.56 Å². The maximum absolute atomic E-state index is 12.3. The molecule has 1 heterocycles. The molecule has 1 fully saturated rings. The number of carbonyl (C=O) groups excluding carboxylic acids is 1. The molecular weight excluding hydrogens is 354 g/mol. The minimum atomic E-state index is 0.193. The number of nitrogens with zero attached hydrogens (tertiary/aromatic N) is 1. The van der Waals surface area contributed by atoms with E-state index < -0.39 is 0 Å². The molecule has 4 heteroatoms. The van der Waals surface area contributed by atoms with Crippen molar-refractivity contribution in [2.45, 2.75) is 12.8 Å². The van der Waals surface area contributed by atoms with Crippen LogP contribution in [0.1, 0.15) is 22.3 Å². The molecule has 3 nitrogen and oxygen atoms in total. The van der Waals surface area contributed by atoms with Crippen molar-refractivity contribution in [1.29, 1.82) is 0 Å². The van der Waals surface area contributed by atoms with Gasteiger partial charge in [-0.05, 0) is 48.4 Å². The number of rotatable bonds is 5. The molecule has 0 amide bonds. The van der Waals surface area contributed by atoms with Crippen LogP contribution in [-0.2, 0) is 11.2 Å². The fourth-order valence-corrected chi connectivity index (χ4v) is 3.22. The lowest BCUT2D eigenvalue weighted by atomic mass is 10.0. The van der Waals surface area contributed by atoms with Gasteiger partial charge in [-0.2, -0.15) is 0 Å². The fourth-order valence-electron chi connectivity index (χ4n) is 2.77. The minimum Gasteiger partial charge on any atom is -0.378 e. The quantitative estimate of drug-likeness (QED) is 0.738. The summed E-state index contributed by atoms with van der Waals surface area (Å²) in [7, 11) is 0. The maximum atomic E-state index is 12.3. The molecule has 0 bridgehead atoms. The second kappa shape index (κ2) is 7.75. The zero-order chi connectivity index (χ0) is 16.1. The van der Waals surface area contributed by atoms with Gasteiger partial charge in [-0.3, -0.25) is 4.79 Å². The van der Waals surface area contributed by atoms with Gasteiger partial charge in [-0.25, -0.2) is 0 Å². The first kappa shape index (κ1) is 16.2. The van der Waals surface area contributed by atoms with Gasteiger partial charge in [0.15, 0.2) is 5.78 Å². The Morgan fingerprint density at radius 2 is 1.83 bits per heavy atom. The largest absolute Gasteiger partial charge is 0.378 e. The van der Waals surface area contributed by atoms with Crippen LogP contribution in [0.3, 0.4) is 0 Å². The highest BCUT2D eigenvalue weighted by Crippen LogP contribution is 2.18. The molecular formula is C19H20BrNO2. The van der Waals surface area contributed by atoms with Gasteiger partial charge in [0.25, 0.3) is 0 Å². The molecule has 120 valence electrons. The van der Waals surface area contributed by atoms with E-state index in [2.05, 4.69) is 33.0 Å².